The van der Waals surface area contributed by atoms with Gasteiger partial charge < -0.3 is 15.4 Å². The highest BCUT2D eigenvalue weighted by molar-refractivity contribution is 7.91. The van der Waals surface area contributed by atoms with Crippen molar-refractivity contribution in [1.29, 1.82) is 0 Å². The van der Waals surface area contributed by atoms with Gasteiger partial charge in [-0.15, -0.1) is 0 Å². The fourth-order valence-electron chi connectivity index (χ4n) is 5.43. The van der Waals surface area contributed by atoms with E-state index in [1.807, 2.05) is 6.07 Å². The molecule has 0 fully saturated rings. The second-order valence-corrected chi connectivity index (χ2v) is 12.5. The Morgan fingerprint density at radius 2 is 2.05 bits per heavy atom. The van der Waals surface area contributed by atoms with Gasteiger partial charge in [-0.1, -0.05) is 12.1 Å². The number of carbonyl (C=O) groups excluding carboxylic acids is 2. The largest absolute Gasteiger partial charge is 0.494 e. The first-order valence-electron chi connectivity index (χ1n) is 13.0. The number of anilines is 1. The van der Waals surface area contributed by atoms with E-state index in [-0.39, 0.29) is 24.4 Å². The SMILES string of the molecule is CS(=O)(=O)CC(=O)Nc1c2c(nn1-c1ccccn1)C[C@]1(CCCc3cc(OCCCC(F)(F)F)ccc31)NC2=O. The summed E-state index contributed by atoms with van der Waals surface area (Å²) in [4.78, 5) is 30.5. The van der Waals surface area contributed by atoms with Gasteiger partial charge in [-0.25, -0.2) is 13.4 Å². The van der Waals surface area contributed by atoms with E-state index in [0.29, 0.717) is 36.5 Å². The van der Waals surface area contributed by atoms with Gasteiger partial charge in [-0.3, -0.25) is 9.59 Å². The molecule has 10 nitrogen and oxygen atoms in total. The molecule has 0 unspecified atom stereocenters. The molecule has 1 aliphatic heterocycles. The third kappa shape index (κ3) is 6.37. The van der Waals surface area contributed by atoms with Gasteiger partial charge >= 0.3 is 6.18 Å². The Bertz CT molecular complexity index is 1590. The van der Waals surface area contributed by atoms with Gasteiger partial charge in [0.15, 0.2) is 21.5 Å². The molecule has 1 spiro atoms. The van der Waals surface area contributed by atoms with Crippen LogP contribution in [-0.2, 0) is 33.0 Å². The molecule has 2 aromatic heterocycles. The number of ether oxygens (including phenoxy) is 1. The maximum atomic E-state index is 13.7. The summed E-state index contributed by atoms with van der Waals surface area (Å²) >= 11 is 0. The summed E-state index contributed by atoms with van der Waals surface area (Å²) in [6.07, 6.45) is -0.487. The minimum Gasteiger partial charge on any atom is -0.494 e. The summed E-state index contributed by atoms with van der Waals surface area (Å²) in [5.74, 6) is -1.25. The topological polar surface area (TPSA) is 132 Å². The number of rotatable bonds is 8. The van der Waals surface area contributed by atoms with Crippen molar-refractivity contribution in [2.24, 2.45) is 0 Å². The third-order valence-corrected chi connectivity index (χ3v) is 7.83. The number of aromatic nitrogens is 3. The van der Waals surface area contributed by atoms with Crippen molar-refractivity contribution in [3.63, 3.8) is 0 Å². The van der Waals surface area contributed by atoms with Gasteiger partial charge in [0.25, 0.3) is 5.91 Å². The van der Waals surface area contributed by atoms with E-state index in [0.717, 1.165) is 23.8 Å². The van der Waals surface area contributed by atoms with Gasteiger partial charge in [-0.05, 0) is 61.1 Å². The predicted octanol–water partition coefficient (Wildman–Crippen LogP) is 3.49. The number of fused-ring (bicyclic) bond motifs is 3. The Kier molecular flexibility index (Phi) is 7.53. The molecule has 1 aliphatic carbocycles. The second-order valence-electron chi connectivity index (χ2n) is 10.3. The molecule has 1 aromatic carbocycles. The first kappa shape index (κ1) is 28.6. The van der Waals surface area contributed by atoms with Crippen molar-refractivity contribution >= 4 is 27.5 Å². The molecular formula is C27H28F3N5O5S. The van der Waals surface area contributed by atoms with Crippen LogP contribution in [0.25, 0.3) is 5.82 Å². The molecule has 0 radical (unpaired) electrons. The number of amides is 2. The number of halogens is 3. The lowest BCUT2D eigenvalue weighted by molar-refractivity contribution is -0.136. The highest BCUT2D eigenvalue weighted by atomic mass is 32.2. The second kappa shape index (κ2) is 10.8. The zero-order chi connectivity index (χ0) is 29.4. The third-order valence-electron chi connectivity index (χ3n) is 7.04. The first-order valence-corrected chi connectivity index (χ1v) is 15.1. The van der Waals surface area contributed by atoms with Gasteiger partial charge in [0, 0.05) is 25.3 Å². The molecule has 2 amide bonds. The maximum absolute atomic E-state index is 13.7. The molecule has 3 heterocycles. The average molecular weight is 592 g/mol. The minimum atomic E-state index is -4.23. The Hall–Kier alpha value is -3.94. The lowest BCUT2D eigenvalue weighted by Crippen LogP contribution is -2.52. The van der Waals surface area contributed by atoms with Gasteiger partial charge in [0.2, 0.25) is 5.91 Å². The highest BCUT2D eigenvalue weighted by Gasteiger charge is 2.45. The summed E-state index contributed by atoms with van der Waals surface area (Å²) < 4.78 is 67.7. The number of hydrogen-bond donors (Lipinski definition) is 2. The summed E-state index contributed by atoms with van der Waals surface area (Å²) in [6, 6.07) is 10.4. The van der Waals surface area contributed by atoms with Gasteiger partial charge in [0.05, 0.1) is 17.8 Å². The van der Waals surface area contributed by atoms with Crippen molar-refractivity contribution in [2.75, 3.05) is 23.9 Å². The van der Waals surface area contributed by atoms with E-state index in [9.17, 15) is 31.2 Å². The number of nitrogens with one attached hydrogen (secondary N) is 2. The quantitative estimate of drug-likeness (QED) is 0.384. The monoisotopic (exact) mass is 591 g/mol. The molecule has 3 aromatic rings. The molecule has 2 N–H and O–H groups in total. The normalized spacial score (nSPS) is 18.4. The summed E-state index contributed by atoms with van der Waals surface area (Å²) in [5.41, 5.74) is 1.51. The fourth-order valence-corrected chi connectivity index (χ4v) is 5.98. The number of hydrogen-bond acceptors (Lipinski definition) is 7. The minimum absolute atomic E-state index is 0.0262. The van der Waals surface area contributed by atoms with E-state index < -0.39 is 45.5 Å². The molecule has 0 bridgehead atoms. The Balaban J connectivity index is 1.46. The smallest absolute Gasteiger partial charge is 0.389 e. The fraction of sp³-hybridized carbons (Fsp3) is 0.407. The van der Waals surface area contributed by atoms with Crippen molar-refractivity contribution in [3.8, 4) is 11.6 Å². The van der Waals surface area contributed by atoms with Crippen LogP contribution in [0.3, 0.4) is 0 Å². The highest BCUT2D eigenvalue weighted by Crippen LogP contribution is 2.43. The van der Waals surface area contributed by atoms with Crippen molar-refractivity contribution < 1.29 is 35.9 Å². The zero-order valence-electron chi connectivity index (χ0n) is 22.1. The molecular weight excluding hydrogens is 563 g/mol. The van der Waals surface area contributed by atoms with Crippen LogP contribution in [0.5, 0.6) is 5.75 Å². The average Bonchev–Trinajstić information content (AvgIpc) is 3.23. The van der Waals surface area contributed by atoms with Crippen LogP contribution in [0.4, 0.5) is 19.0 Å². The van der Waals surface area contributed by atoms with Crippen LogP contribution < -0.4 is 15.4 Å². The summed E-state index contributed by atoms with van der Waals surface area (Å²) in [5, 5.41) is 10.3. The number of sulfone groups is 1. The molecule has 218 valence electrons. The molecule has 2 aliphatic rings. The molecule has 0 saturated carbocycles. The number of nitrogens with zero attached hydrogens (tertiary/aromatic N) is 3. The Morgan fingerprint density at radius 1 is 1.24 bits per heavy atom. The van der Waals surface area contributed by atoms with E-state index in [1.54, 1.807) is 30.3 Å². The van der Waals surface area contributed by atoms with E-state index in [1.165, 1.54) is 10.9 Å². The van der Waals surface area contributed by atoms with Crippen LogP contribution in [0.15, 0.2) is 42.6 Å². The zero-order valence-corrected chi connectivity index (χ0v) is 22.9. The Labute approximate surface area is 234 Å². The van der Waals surface area contributed by atoms with E-state index in [2.05, 4.69) is 20.7 Å². The van der Waals surface area contributed by atoms with Crippen LogP contribution >= 0.6 is 0 Å². The molecule has 5 rings (SSSR count). The summed E-state index contributed by atoms with van der Waals surface area (Å²) in [6.45, 7) is -0.0671. The lowest BCUT2D eigenvalue weighted by atomic mass is 9.72. The van der Waals surface area contributed by atoms with Crippen molar-refractivity contribution in [3.05, 3.63) is 65.0 Å². The molecule has 1 atom stereocenters. The number of pyridine rings is 1. The predicted molar refractivity (Wildman–Crippen MR) is 143 cm³/mol. The number of carbonyl (C=O) groups is 2. The standard InChI is InChI=1S/C27H28F3N5O5S/c1-41(38,39)16-22(36)32-24-23-20(34-35(24)21-7-2-3-12-31-21)15-26(33-25(23)37)10-4-6-17-14-18(8-9-19(17)26)40-13-5-11-27(28,29)30/h2-3,7-9,12,14H,4-6,10-11,13,15-16H2,1H3,(H,32,36)(H,33,37)/t26-/m0/s1. The molecule has 0 saturated heterocycles. The number of aryl methyl sites for hydroxylation is 1. The van der Waals surface area contributed by atoms with Crippen LogP contribution in [-0.4, -0.2) is 59.8 Å². The molecule has 41 heavy (non-hydrogen) atoms. The first-order chi connectivity index (χ1) is 19.3. The maximum Gasteiger partial charge on any atom is 0.389 e. The van der Waals surface area contributed by atoms with Crippen LogP contribution in [0.1, 0.15) is 52.9 Å². The molecule has 14 heteroatoms. The van der Waals surface area contributed by atoms with E-state index >= 15 is 0 Å². The number of alkyl halides is 3. The lowest BCUT2D eigenvalue weighted by Gasteiger charge is -2.42. The van der Waals surface area contributed by atoms with Gasteiger partial charge in [-0.2, -0.15) is 23.0 Å². The van der Waals surface area contributed by atoms with Crippen LogP contribution in [0.2, 0.25) is 0 Å². The van der Waals surface area contributed by atoms with Gasteiger partial charge in [0.1, 0.15) is 17.1 Å². The van der Waals surface area contributed by atoms with Crippen LogP contribution in [0, 0.1) is 0 Å². The Morgan fingerprint density at radius 3 is 2.76 bits per heavy atom. The van der Waals surface area contributed by atoms with Crippen molar-refractivity contribution in [2.45, 2.75) is 50.2 Å². The van der Waals surface area contributed by atoms with E-state index in [4.69, 9.17) is 4.74 Å². The van der Waals surface area contributed by atoms with Crippen molar-refractivity contribution in [1.82, 2.24) is 20.1 Å². The summed E-state index contributed by atoms with van der Waals surface area (Å²) in [7, 11) is -3.63. The number of benzene rings is 1.